The Labute approximate surface area is 185 Å². The van der Waals surface area contributed by atoms with E-state index in [4.69, 9.17) is 33.0 Å². The number of amidine groups is 1. The number of thioether (sulfide) groups is 1. The molecule has 1 aliphatic rings. The molecular formula is C20H14Cl2N2O5S. The summed E-state index contributed by atoms with van der Waals surface area (Å²) in [7, 11) is 0. The number of aromatic carboxylic acids is 1. The summed E-state index contributed by atoms with van der Waals surface area (Å²) in [6.45, 7) is 1.47. The van der Waals surface area contributed by atoms with Crippen LogP contribution >= 0.6 is 35.0 Å². The van der Waals surface area contributed by atoms with E-state index in [1.807, 2.05) is 0 Å². The van der Waals surface area contributed by atoms with Gasteiger partial charge in [0.1, 0.15) is 6.61 Å². The summed E-state index contributed by atoms with van der Waals surface area (Å²) in [6, 6.07) is 9.42. The van der Waals surface area contributed by atoms with Crippen molar-refractivity contribution < 1.29 is 24.2 Å². The number of ether oxygens (including phenoxy) is 1. The van der Waals surface area contributed by atoms with Gasteiger partial charge in [-0.3, -0.25) is 9.59 Å². The molecule has 154 valence electrons. The Kier molecular flexibility index (Phi) is 6.81. The summed E-state index contributed by atoms with van der Waals surface area (Å²) in [6.07, 6.45) is 1.57. The molecule has 0 aliphatic carbocycles. The molecule has 0 saturated heterocycles. The molecule has 2 aromatic rings. The van der Waals surface area contributed by atoms with Crippen molar-refractivity contribution >= 4 is 64.0 Å². The molecule has 0 aromatic heterocycles. The van der Waals surface area contributed by atoms with Crippen molar-refractivity contribution in [1.29, 1.82) is 0 Å². The molecule has 0 fully saturated rings. The van der Waals surface area contributed by atoms with Gasteiger partial charge in [0.2, 0.25) is 5.91 Å². The van der Waals surface area contributed by atoms with E-state index < -0.39 is 11.9 Å². The van der Waals surface area contributed by atoms with Gasteiger partial charge in [-0.15, -0.1) is 0 Å². The lowest BCUT2D eigenvalue weighted by molar-refractivity contribution is -0.117. The average molecular weight is 465 g/mol. The van der Waals surface area contributed by atoms with E-state index in [9.17, 15) is 14.4 Å². The number of carboxylic acids is 1. The molecule has 0 radical (unpaired) electrons. The Bertz CT molecular complexity index is 1070. The molecule has 7 nitrogen and oxygen atoms in total. The third-order valence-electron chi connectivity index (χ3n) is 3.81. The summed E-state index contributed by atoms with van der Waals surface area (Å²) in [5, 5.41) is 12.1. The second-order valence-corrected chi connectivity index (χ2v) is 7.96. The Balaban J connectivity index is 1.72. The van der Waals surface area contributed by atoms with E-state index in [1.165, 1.54) is 19.1 Å². The van der Waals surface area contributed by atoms with Crippen molar-refractivity contribution in [3.8, 4) is 5.75 Å². The molecule has 0 atom stereocenters. The summed E-state index contributed by atoms with van der Waals surface area (Å²) in [5.41, 5.74) is 1.49. The highest BCUT2D eigenvalue weighted by molar-refractivity contribution is 8.18. The first-order valence-corrected chi connectivity index (χ1v) is 10.0. The van der Waals surface area contributed by atoms with Gasteiger partial charge < -0.3 is 15.2 Å². The average Bonchev–Trinajstić information content (AvgIpc) is 2.99. The number of aliphatic imine (C=N–C) groups is 1. The molecule has 0 saturated carbocycles. The van der Waals surface area contributed by atoms with Gasteiger partial charge in [0.05, 0.1) is 20.5 Å². The predicted octanol–water partition coefficient (Wildman–Crippen LogP) is 4.38. The van der Waals surface area contributed by atoms with Gasteiger partial charge in [-0.05, 0) is 53.2 Å². The zero-order valence-corrected chi connectivity index (χ0v) is 17.8. The third kappa shape index (κ3) is 5.41. The van der Waals surface area contributed by atoms with Crippen molar-refractivity contribution in [3.05, 3.63) is 68.0 Å². The number of carboxylic acid groups (broad SMARTS) is 1. The van der Waals surface area contributed by atoms with Crippen molar-refractivity contribution in [2.24, 2.45) is 4.99 Å². The number of amides is 2. The predicted molar refractivity (Wildman–Crippen MR) is 116 cm³/mol. The van der Waals surface area contributed by atoms with Crippen LogP contribution in [0, 0.1) is 0 Å². The quantitative estimate of drug-likeness (QED) is 0.636. The first-order valence-electron chi connectivity index (χ1n) is 8.47. The van der Waals surface area contributed by atoms with Crippen molar-refractivity contribution in [3.63, 3.8) is 0 Å². The fraction of sp³-hybridized carbons (Fsp3) is 0.100. The van der Waals surface area contributed by atoms with Crippen LogP contribution in [0.15, 0.2) is 46.3 Å². The maximum Gasteiger partial charge on any atom is 0.335 e. The molecule has 30 heavy (non-hydrogen) atoms. The van der Waals surface area contributed by atoms with Gasteiger partial charge in [0, 0.05) is 6.92 Å². The Hall–Kier alpha value is -2.81. The van der Waals surface area contributed by atoms with Crippen LogP contribution in [-0.4, -0.2) is 28.1 Å². The second kappa shape index (κ2) is 9.34. The number of carbonyl (C=O) groups is 3. The summed E-state index contributed by atoms with van der Waals surface area (Å²) < 4.78 is 5.69. The Morgan fingerprint density at radius 1 is 1.20 bits per heavy atom. The maximum absolute atomic E-state index is 12.0. The van der Waals surface area contributed by atoms with Crippen LogP contribution in [-0.2, 0) is 16.2 Å². The molecule has 3 rings (SSSR count). The minimum atomic E-state index is -1.01. The Morgan fingerprint density at radius 2 is 1.83 bits per heavy atom. The van der Waals surface area contributed by atoms with Crippen LogP contribution in [0.5, 0.6) is 5.75 Å². The highest BCUT2D eigenvalue weighted by atomic mass is 35.5. The molecule has 2 amide bonds. The van der Waals surface area contributed by atoms with Crippen molar-refractivity contribution in [2.45, 2.75) is 13.5 Å². The van der Waals surface area contributed by atoms with Gasteiger partial charge in [-0.25, -0.2) is 4.79 Å². The topological polar surface area (TPSA) is 105 Å². The molecule has 0 bridgehead atoms. The minimum absolute atomic E-state index is 0.141. The van der Waals surface area contributed by atoms with Crippen molar-refractivity contribution in [1.82, 2.24) is 5.32 Å². The van der Waals surface area contributed by atoms with E-state index in [0.29, 0.717) is 10.5 Å². The largest absolute Gasteiger partial charge is 0.486 e. The Morgan fingerprint density at radius 3 is 2.40 bits per heavy atom. The molecule has 2 N–H and O–H groups in total. The maximum atomic E-state index is 12.0. The standard InChI is InChI=1S/C20H14Cl2N2O5S/c1-10(25)23-20-24-18(26)16(30-20)8-12-6-14(21)17(15(22)7-12)29-9-11-2-4-13(5-3-11)19(27)28/h2-8H,9H2,1H3,(H,27,28)(H,23,24,25,26)/b16-8+. The van der Waals surface area contributed by atoms with Gasteiger partial charge in [-0.1, -0.05) is 35.3 Å². The second-order valence-electron chi connectivity index (χ2n) is 6.12. The van der Waals surface area contributed by atoms with Crippen LogP contribution in [0.1, 0.15) is 28.4 Å². The zero-order chi connectivity index (χ0) is 21.8. The number of hydrogen-bond acceptors (Lipinski definition) is 5. The number of carbonyl (C=O) groups excluding carboxylic acids is 2. The van der Waals surface area contributed by atoms with Crippen LogP contribution in [0.2, 0.25) is 10.0 Å². The molecular weight excluding hydrogens is 451 g/mol. The lowest BCUT2D eigenvalue weighted by atomic mass is 10.1. The normalized spacial score (nSPS) is 14.6. The molecule has 1 heterocycles. The lowest BCUT2D eigenvalue weighted by Gasteiger charge is -2.11. The summed E-state index contributed by atoms with van der Waals surface area (Å²) in [4.78, 5) is 38.1. The number of nitrogens with zero attached hydrogens (tertiary/aromatic N) is 1. The molecule has 2 aromatic carbocycles. The van der Waals surface area contributed by atoms with Crippen LogP contribution in [0.3, 0.4) is 0 Å². The fourth-order valence-corrected chi connectivity index (χ4v) is 3.94. The molecule has 0 spiro atoms. The summed E-state index contributed by atoms with van der Waals surface area (Å²) >= 11 is 13.6. The van der Waals surface area contributed by atoms with Gasteiger partial charge in [0.15, 0.2) is 10.9 Å². The van der Waals surface area contributed by atoms with Crippen molar-refractivity contribution in [2.75, 3.05) is 0 Å². The smallest absolute Gasteiger partial charge is 0.335 e. The van der Waals surface area contributed by atoms with E-state index >= 15 is 0 Å². The van der Waals surface area contributed by atoms with Gasteiger partial charge in [0.25, 0.3) is 5.91 Å². The highest BCUT2D eigenvalue weighted by Gasteiger charge is 2.23. The van der Waals surface area contributed by atoms with Crippen LogP contribution in [0.25, 0.3) is 6.08 Å². The first kappa shape index (κ1) is 21.9. The SMILES string of the molecule is CC(=O)NC1=NC(=O)/C(=C\c2cc(Cl)c(OCc3ccc(C(=O)O)cc3)c(Cl)c2)S1. The first-order chi connectivity index (χ1) is 14.2. The molecule has 10 heteroatoms. The third-order valence-corrected chi connectivity index (χ3v) is 5.27. The van der Waals surface area contributed by atoms with E-state index in [1.54, 1.807) is 30.3 Å². The fourth-order valence-electron chi connectivity index (χ4n) is 2.46. The van der Waals surface area contributed by atoms with E-state index in [-0.39, 0.29) is 39.0 Å². The van der Waals surface area contributed by atoms with E-state index in [0.717, 1.165) is 17.3 Å². The number of halogens is 2. The number of rotatable bonds is 5. The number of nitrogens with one attached hydrogen (secondary N) is 1. The van der Waals surface area contributed by atoms with Gasteiger partial charge >= 0.3 is 5.97 Å². The zero-order valence-electron chi connectivity index (χ0n) is 15.4. The van der Waals surface area contributed by atoms with Crippen LogP contribution < -0.4 is 10.1 Å². The number of hydrogen-bond donors (Lipinski definition) is 2. The summed E-state index contributed by atoms with van der Waals surface area (Å²) in [5.74, 6) is -1.53. The molecule has 1 aliphatic heterocycles. The molecule has 0 unspecified atom stereocenters. The number of benzene rings is 2. The van der Waals surface area contributed by atoms with E-state index in [2.05, 4.69) is 10.3 Å². The highest BCUT2D eigenvalue weighted by Crippen LogP contribution is 2.36. The lowest BCUT2D eigenvalue weighted by Crippen LogP contribution is -2.23. The monoisotopic (exact) mass is 464 g/mol. The van der Waals surface area contributed by atoms with Crippen LogP contribution in [0.4, 0.5) is 0 Å². The van der Waals surface area contributed by atoms with Gasteiger partial charge in [-0.2, -0.15) is 4.99 Å². The minimum Gasteiger partial charge on any atom is -0.486 e.